The second kappa shape index (κ2) is 7.90. The van der Waals surface area contributed by atoms with Crippen LogP contribution in [0.2, 0.25) is 0 Å². The molecule has 6 heteroatoms. The topological polar surface area (TPSA) is 74.5 Å². The first-order chi connectivity index (χ1) is 10.3. The number of cyclic esters (lactones) is 1. The van der Waals surface area contributed by atoms with E-state index in [4.69, 9.17) is 4.74 Å². The predicted molar refractivity (Wildman–Crippen MR) is 89.3 cm³/mol. The summed E-state index contributed by atoms with van der Waals surface area (Å²) in [4.78, 5) is 35.5. The molecule has 0 N–H and O–H groups in total. The molecule has 0 aromatic rings. The third-order valence-electron chi connectivity index (χ3n) is 4.33. The second-order valence-electron chi connectivity index (χ2n) is 8.35. The summed E-state index contributed by atoms with van der Waals surface area (Å²) in [5.74, 6) is -0.697. The third-order valence-corrected chi connectivity index (χ3v) is 4.33. The van der Waals surface area contributed by atoms with E-state index in [9.17, 15) is 14.4 Å². The van der Waals surface area contributed by atoms with Gasteiger partial charge < -0.3 is 14.8 Å². The Balaban J connectivity index is 0.00000529. The fraction of sp³-hybridized carbons (Fsp3) is 0.722. The molecule has 24 heavy (non-hydrogen) atoms. The van der Waals surface area contributed by atoms with Crippen molar-refractivity contribution in [3.8, 4) is 0 Å². The zero-order chi connectivity index (χ0) is 18.1. The number of ether oxygens (including phenoxy) is 1. The maximum atomic E-state index is 12.5. The average molecular weight is 423 g/mol. The standard InChI is InChI=1S/C18H29NO4.Ru/c1-12(13(21)8-9-16(2,3)4)14-18(10-11-20,17(5,6)7)19-15(22)23-14;/h8-9,11-12,14H,10H2,1-7H3,(H,19,22);/q;+1/p-1/b9-8+;/t12-,14?,18?;/m0./s1. The van der Waals surface area contributed by atoms with Crippen molar-refractivity contribution in [3.63, 3.8) is 0 Å². The molecule has 2 unspecified atom stereocenters. The Labute approximate surface area is 157 Å². The van der Waals surface area contributed by atoms with Gasteiger partial charge in [0.1, 0.15) is 12.4 Å². The van der Waals surface area contributed by atoms with Gasteiger partial charge in [-0.05, 0) is 23.3 Å². The molecular weight excluding hydrogens is 395 g/mol. The quantitative estimate of drug-likeness (QED) is 0.380. The van der Waals surface area contributed by atoms with Gasteiger partial charge >= 0.3 is 19.5 Å². The Morgan fingerprint density at radius 2 is 1.83 bits per heavy atom. The molecule has 1 saturated heterocycles. The van der Waals surface area contributed by atoms with Crippen LogP contribution in [0.1, 0.15) is 54.9 Å². The van der Waals surface area contributed by atoms with Gasteiger partial charge in [0.15, 0.2) is 5.78 Å². The Morgan fingerprint density at radius 3 is 2.25 bits per heavy atom. The zero-order valence-corrected chi connectivity index (χ0v) is 17.3. The van der Waals surface area contributed by atoms with E-state index in [0.717, 1.165) is 6.29 Å². The number of ketones is 1. The molecule has 3 atom stereocenters. The first kappa shape index (κ1) is 23.0. The van der Waals surface area contributed by atoms with Crippen molar-refractivity contribution in [1.29, 1.82) is 0 Å². The number of carbonyl (C=O) groups is 3. The van der Waals surface area contributed by atoms with Gasteiger partial charge in [0, 0.05) is 0 Å². The Bertz CT molecular complexity index is 516. The number of hydrogen-bond acceptors (Lipinski definition) is 4. The second-order valence-corrected chi connectivity index (χ2v) is 8.35. The van der Waals surface area contributed by atoms with Crippen LogP contribution < -0.4 is 0 Å². The molecule has 0 spiro atoms. The number of rotatable bonds is 5. The molecule has 1 heterocycles. The monoisotopic (exact) mass is 424 g/mol. The van der Waals surface area contributed by atoms with Crippen LogP contribution in [0.25, 0.3) is 5.32 Å². The maximum absolute atomic E-state index is 12.5. The summed E-state index contributed by atoms with van der Waals surface area (Å²) in [6.07, 6.45) is 2.71. The molecule has 0 aromatic carbocycles. The smallest absolute Gasteiger partial charge is 0.608 e. The van der Waals surface area contributed by atoms with Gasteiger partial charge in [0.2, 0.25) is 6.09 Å². The van der Waals surface area contributed by atoms with Crippen LogP contribution in [0.15, 0.2) is 12.2 Å². The number of aldehydes is 1. The summed E-state index contributed by atoms with van der Waals surface area (Å²) in [5, 5.41) is 4.11. The molecule has 137 valence electrons. The molecule has 1 radical (unpaired) electrons. The molecule has 1 rings (SSSR count). The molecule has 0 aliphatic carbocycles. The van der Waals surface area contributed by atoms with Crippen molar-refractivity contribution in [1.82, 2.24) is 0 Å². The Kier molecular flexibility index (Phi) is 7.56. The van der Waals surface area contributed by atoms with Gasteiger partial charge in [-0.25, -0.2) is 0 Å². The van der Waals surface area contributed by atoms with E-state index in [-0.39, 0.29) is 37.1 Å². The predicted octanol–water partition coefficient (Wildman–Crippen LogP) is 4.06. The van der Waals surface area contributed by atoms with Crippen LogP contribution in [-0.2, 0) is 33.8 Å². The van der Waals surface area contributed by atoms with E-state index < -0.39 is 29.1 Å². The molecule has 5 nitrogen and oxygen atoms in total. The van der Waals surface area contributed by atoms with E-state index in [1.54, 1.807) is 6.92 Å². The molecule has 1 aliphatic heterocycles. The minimum Gasteiger partial charge on any atom is -0.608 e. The first-order valence-corrected chi connectivity index (χ1v) is 7.94. The van der Waals surface area contributed by atoms with Crippen LogP contribution in [-0.4, -0.2) is 29.8 Å². The fourth-order valence-corrected chi connectivity index (χ4v) is 2.80. The number of nitrogens with zero attached hydrogens (tertiary/aromatic N) is 1. The fourth-order valence-electron chi connectivity index (χ4n) is 2.80. The summed E-state index contributed by atoms with van der Waals surface area (Å²) >= 11 is 0. The Hall–Kier alpha value is -1.03. The third kappa shape index (κ3) is 4.98. The SMILES string of the molecule is C[C@@H](C(=O)/C=C/C(C)(C)C)C1OC(=O)[N-]C1(CC=O)C(C)(C)C.[Ru+]. The van der Waals surface area contributed by atoms with Crippen molar-refractivity contribution in [2.75, 3.05) is 0 Å². The van der Waals surface area contributed by atoms with Crippen molar-refractivity contribution in [2.24, 2.45) is 16.7 Å². The number of allylic oxidation sites excluding steroid dienone is 2. The van der Waals surface area contributed by atoms with Crippen LogP contribution >= 0.6 is 0 Å². The zero-order valence-electron chi connectivity index (χ0n) is 15.5. The first-order valence-electron chi connectivity index (χ1n) is 7.94. The normalized spacial score (nSPS) is 25.6. The van der Waals surface area contributed by atoms with Gasteiger partial charge in [-0.3, -0.25) is 9.59 Å². The average Bonchev–Trinajstić information content (AvgIpc) is 2.72. The molecular formula is C18H28NO4Ru. The van der Waals surface area contributed by atoms with Crippen LogP contribution in [0, 0.1) is 16.7 Å². The summed E-state index contributed by atoms with van der Waals surface area (Å²) in [7, 11) is 0. The molecule has 0 saturated carbocycles. The van der Waals surface area contributed by atoms with E-state index in [0.29, 0.717) is 0 Å². The number of carbonyl (C=O) groups excluding carboxylic acids is 3. The van der Waals surface area contributed by atoms with Gasteiger partial charge in [0.05, 0.1) is 5.92 Å². The molecule has 1 fully saturated rings. The van der Waals surface area contributed by atoms with E-state index >= 15 is 0 Å². The molecule has 0 bridgehead atoms. The molecule has 1 amide bonds. The van der Waals surface area contributed by atoms with Crippen LogP contribution in [0.3, 0.4) is 0 Å². The van der Waals surface area contributed by atoms with Crippen molar-refractivity contribution < 1.29 is 38.6 Å². The number of hydrogen-bond donors (Lipinski definition) is 0. The minimum atomic E-state index is -1.02. The number of amides is 1. The minimum absolute atomic E-state index is 0. The summed E-state index contributed by atoms with van der Waals surface area (Å²) in [5.41, 5.74) is -1.63. The summed E-state index contributed by atoms with van der Waals surface area (Å²) in [6.45, 7) is 13.4. The maximum Gasteiger partial charge on any atom is 1.00 e. The van der Waals surface area contributed by atoms with E-state index in [1.807, 2.05) is 47.6 Å². The van der Waals surface area contributed by atoms with Gasteiger partial charge in [-0.1, -0.05) is 60.1 Å². The van der Waals surface area contributed by atoms with Crippen LogP contribution in [0.4, 0.5) is 4.79 Å². The Morgan fingerprint density at radius 1 is 1.29 bits per heavy atom. The van der Waals surface area contributed by atoms with Crippen molar-refractivity contribution in [2.45, 2.75) is 66.5 Å². The van der Waals surface area contributed by atoms with E-state index in [1.165, 1.54) is 6.08 Å². The van der Waals surface area contributed by atoms with Gasteiger partial charge in [-0.15, -0.1) is 0 Å². The summed E-state index contributed by atoms with van der Waals surface area (Å²) in [6, 6.07) is 0. The van der Waals surface area contributed by atoms with Gasteiger partial charge in [0.25, 0.3) is 0 Å². The van der Waals surface area contributed by atoms with Gasteiger partial charge in [-0.2, -0.15) is 0 Å². The van der Waals surface area contributed by atoms with Crippen molar-refractivity contribution >= 4 is 18.2 Å². The molecule has 1 aliphatic rings. The van der Waals surface area contributed by atoms with Crippen molar-refractivity contribution in [3.05, 3.63) is 17.5 Å². The van der Waals surface area contributed by atoms with E-state index in [2.05, 4.69) is 5.32 Å². The largest absolute Gasteiger partial charge is 1.00 e. The summed E-state index contributed by atoms with van der Waals surface area (Å²) < 4.78 is 5.35. The van der Waals surface area contributed by atoms with Crippen LogP contribution in [0.5, 0.6) is 0 Å². The molecule has 0 aromatic heterocycles.